The fraction of sp³-hybridized carbons (Fsp3) is 0.522. The van der Waals surface area contributed by atoms with Crippen molar-refractivity contribution in [2.45, 2.75) is 53.1 Å². The summed E-state index contributed by atoms with van der Waals surface area (Å²) in [5.74, 6) is -2.52. The van der Waals surface area contributed by atoms with Crippen LogP contribution in [0, 0.1) is 23.0 Å². The Morgan fingerprint density at radius 1 is 1.23 bits per heavy atom. The van der Waals surface area contributed by atoms with Gasteiger partial charge < -0.3 is 15.2 Å². The first-order valence-corrected chi connectivity index (χ1v) is 10.5. The minimum Gasteiger partial charge on any atom is -0.369 e. The lowest BCUT2D eigenvalue weighted by atomic mass is 9.82. The standard InChI is InChI=1S/C23H30F2N4O2/c1-23(2,3)12-14(21(26)31)10-19(30)20-18-13-28(4)8-5-9-29(18)22(27-20)16-7-6-15(24)11-17(16)25/h6-7,11,14H,5,8-10,12-13H2,1-4H3,(H2,26,31)/t14-/m0/s1. The van der Waals surface area contributed by atoms with E-state index in [9.17, 15) is 18.4 Å². The summed E-state index contributed by atoms with van der Waals surface area (Å²) in [6.07, 6.45) is 1.23. The molecule has 8 heteroatoms. The van der Waals surface area contributed by atoms with Gasteiger partial charge in [0.1, 0.15) is 23.2 Å². The zero-order valence-corrected chi connectivity index (χ0v) is 18.5. The lowest BCUT2D eigenvalue weighted by molar-refractivity contribution is -0.122. The van der Waals surface area contributed by atoms with E-state index in [0.717, 1.165) is 19.0 Å². The van der Waals surface area contributed by atoms with E-state index in [2.05, 4.69) is 9.88 Å². The maximum atomic E-state index is 14.5. The molecule has 1 aliphatic heterocycles. The topological polar surface area (TPSA) is 81.2 Å². The minimum absolute atomic E-state index is 0.0499. The van der Waals surface area contributed by atoms with Gasteiger partial charge in [0.25, 0.3) is 0 Å². The maximum Gasteiger partial charge on any atom is 0.221 e. The molecule has 1 aliphatic rings. The molecule has 0 fully saturated rings. The Bertz CT molecular complexity index is 994. The van der Waals surface area contributed by atoms with Crippen molar-refractivity contribution >= 4 is 11.7 Å². The predicted molar refractivity (Wildman–Crippen MR) is 114 cm³/mol. The van der Waals surface area contributed by atoms with Crippen molar-refractivity contribution in [1.82, 2.24) is 14.5 Å². The van der Waals surface area contributed by atoms with Gasteiger partial charge in [-0.1, -0.05) is 20.8 Å². The van der Waals surface area contributed by atoms with E-state index in [1.807, 2.05) is 32.4 Å². The van der Waals surface area contributed by atoms with Crippen molar-refractivity contribution in [1.29, 1.82) is 0 Å². The van der Waals surface area contributed by atoms with Crippen molar-refractivity contribution in [2.75, 3.05) is 13.6 Å². The summed E-state index contributed by atoms with van der Waals surface area (Å²) >= 11 is 0. The number of hydrogen-bond donors (Lipinski definition) is 1. The van der Waals surface area contributed by atoms with Crippen LogP contribution in [0.15, 0.2) is 18.2 Å². The van der Waals surface area contributed by atoms with Crippen LogP contribution in [0.2, 0.25) is 0 Å². The van der Waals surface area contributed by atoms with Crippen molar-refractivity contribution in [2.24, 2.45) is 17.1 Å². The van der Waals surface area contributed by atoms with Gasteiger partial charge in [0, 0.05) is 31.5 Å². The Labute approximate surface area is 181 Å². The number of benzene rings is 1. The van der Waals surface area contributed by atoms with Crippen molar-refractivity contribution < 1.29 is 18.4 Å². The highest BCUT2D eigenvalue weighted by Gasteiger charge is 2.31. The molecule has 0 saturated carbocycles. The number of halogens is 2. The number of ketones is 1. The van der Waals surface area contributed by atoms with E-state index in [1.165, 1.54) is 12.1 Å². The molecule has 1 amide bonds. The van der Waals surface area contributed by atoms with E-state index < -0.39 is 23.5 Å². The highest BCUT2D eigenvalue weighted by molar-refractivity contribution is 5.98. The molecule has 3 rings (SSSR count). The number of Topliss-reactive ketones (excluding diaryl/α,β-unsaturated/α-hetero) is 1. The van der Waals surface area contributed by atoms with Crippen LogP contribution in [-0.4, -0.2) is 39.7 Å². The molecule has 2 aromatic rings. The first-order valence-electron chi connectivity index (χ1n) is 10.5. The quantitative estimate of drug-likeness (QED) is 0.705. The monoisotopic (exact) mass is 432 g/mol. The number of aromatic nitrogens is 2. The number of fused-ring (bicyclic) bond motifs is 1. The first kappa shape index (κ1) is 23.1. The lowest BCUT2D eigenvalue weighted by Crippen LogP contribution is -2.30. The number of hydrogen-bond acceptors (Lipinski definition) is 4. The van der Waals surface area contributed by atoms with Gasteiger partial charge >= 0.3 is 0 Å². The minimum atomic E-state index is -0.729. The molecule has 1 atom stereocenters. The molecule has 0 spiro atoms. The van der Waals surface area contributed by atoms with E-state index in [4.69, 9.17) is 5.73 Å². The Morgan fingerprint density at radius 3 is 2.55 bits per heavy atom. The molecule has 0 saturated heterocycles. The van der Waals surface area contributed by atoms with Gasteiger partial charge in [-0.05, 0) is 44.0 Å². The molecule has 0 aliphatic carbocycles. The largest absolute Gasteiger partial charge is 0.369 e. The second kappa shape index (κ2) is 8.86. The summed E-state index contributed by atoms with van der Waals surface area (Å²) in [5, 5.41) is 0. The normalized spacial score (nSPS) is 15.9. The molecule has 2 N–H and O–H groups in total. The van der Waals surface area contributed by atoms with Crippen LogP contribution >= 0.6 is 0 Å². The van der Waals surface area contributed by atoms with Gasteiger partial charge in [-0.25, -0.2) is 13.8 Å². The van der Waals surface area contributed by atoms with E-state index in [-0.39, 0.29) is 28.9 Å². The number of rotatable bonds is 6. The maximum absolute atomic E-state index is 14.5. The van der Waals surface area contributed by atoms with Crippen LogP contribution in [0.4, 0.5) is 8.78 Å². The average Bonchev–Trinajstić information content (AvgIpc) is 2.86. The molecule has 1 aromatic carbocycles. The highest BCUT2D eigenvalue weighted by atomic mass is 19.1. The third kappa shape index (κ3) is 5.36. The summed E-state index contributed by atoms with van der Waals surface area (Å²) in [6, 6.07) is 3.33. The fourth-order valence-electron chi connectivity index (χ4n) is 4.15. The van der Waals surface area contributed by atoms with Crippen LogP contribution < -0.4 is 5.73 Å². The SMILES string of the molecule is CN1CCCn2c(-c3ccc(F)cc3F)nc(C(=O)C[C@@H](CC(C)(C)C)C(N)=O)c2C1. The Kier molecular flexibility index (Phi) is 6.59. The van der Waals surface area contributed by atoms with Crippen LogP contribution in [0.25, 0.3) is 11.4 Å². The van der Waals surface area contributed by atoms with Crippen molar-refractivity contribution in [3.63, 3.8) is 0 Å². The Hall–Kier alpha value is -2.61. The first-order chi connectivity index (χ1) is 14.5. The molecule has 0 radical (unpaired) electrons. The van der Waals surface area contributed by atoms with Crippen LogP contribution in [0.1, 0.15) is 56.2 Å². The third-order valence-electron chi connectivity index (χ3n) is 5.54. The number of nitrogens with two attached hydrogens (primary N) is 1. The van der Waals surface area contributed by atoms with Gasteiger partial charge in [-0.3, -0.25) is 9.59 Å². The van der Waals surface area contributed by atoms with Gasteiger partial charge in [0.2, 0.25) is 5.91 Å². The van der Waals surface area contributed by atoms with Crippen molar-refractivity contribution in [3.05, 3.63) is 41.2 Å². The zero-order valence-electron chi connectivity index (χ0n) is 18.5. The number of nitrogens with zero attached hydrogens (tertiary/aromatic N) is 3. The molecular weight excluding hydrogens is 402 g/mol. The summed E-state index contributed by atoms with van der Waals surface area (Å²) < 4.78 is 29.8. The lowest BCUT2D eigenvalue weighted by Gasteiger charge is -2.23. The predicted octanol–water partition coefficient (Wildman–Crippen LogP) is 3.77. The molecule has 168 valence electrons. The van der Waals surface area contributed by atoms with Gasteiger partial charge in [-0.15, -0.1) is 0 Å². The van der Waals surface area contributed by atoms with Crippen molar-refractivity contribution in [3.8, 4) is 11.4 Å². The molecular formula is C23H30F2N4O2. The molecule has 2 heterocycles. The summed E-state index contributed by atoms with van der Waals surface area (Å²) in [6.45, 7) is 7.81. The fourth-order valence-corrected chi connectivity index (χ4v) is 4.15. The molecule has 1 aromatic heterocycles. The molecule has 0 unspecified atom stereocenters. The van der Waals surface area contributed by atoms with E-state index in [0.29, 0.717) is 31.0 Å². The number of carbonyl (C=O) groups is 2. The van der Waals surface area contributed by atoms with Crippen LogP contribution in [0.5, 0.6) is 0 Å². The summed E-state index contributed by atoms with van der Waals surface area (Å²) in [5.41, 5.74) is 6.46. The van der Waals surface area contributed by atoms with Crippen LogP contribution in [0.3, 0.4) is 0 Å². The van der Waals surface area contributed by atoms with E-state index in [1.54, 1.807) is 0 Å². The zero-order chi connectivity index (χ0) is 22.9. The number of imidazole rings is 1. The Morgan fingerprint density at radius 2 is 1.94 bits per heavy atom. The highest BCUT2D eigenvalue weighted by Crippen LogP contribution is 2.31. The average molecular weight is 433 g/mol. The molecule has 0 bridgehead atoms. The summed E-state index contributed by atoms with van der Waals surface area (Å²) in [7, 11) is 1.95. The molecule has 6 nitrogen and oxygen atoms in total. The third-order valence-corrected chi connectivity index (χ3v) is 5.54. The second-order valence-corrected chi connectivity index (χ2v) is 9.59. The van der Waals surface area contributed by atoms with Gasteiger partial charge in [-0.2, -0.15) is 0 Å². The van der Waals surface area contributed by atoms with Gasteiger partial charge in [0.15, 0.2) is 5.78 Å². The van der Waals surface area contributed by atoms with E-state index >= 15 is 0 Å². The second-order valence-electron chi connectivity index (χ2n) is 9.59. The summed E-state index contributed by atoms with van der Waals surface area (Å²) in [4.78, 5) is 31.8. The smallest absolute Gasteiger partial charge is 0.221 e. The number of carbonyl (C=O) groups excluding carboxylic acids is 2. The Balaban J connectivity index is 2.04. The van der Waals surface area contributed by atoms with Gasteiger partial charge in [0.05, 0.1) is 11.3 Å². The molecule has 31 heavy (non-hydrogen) atoms. The number of primary amides is 1. The van der Waals surface area contributed by atoms with Crippen LogP contribution in [-0.2, 0) is 17.9 Å². The number of amides is 1.